The first-order chi connectivity index (χ1) is 16.4. The van der Waals surface area contributed by atoms with Crippen LogP contribution in [-0.2, 0) is 27.3 Å². The first kappa shape index (κ1) is 27.9. The highest BCUT2D eigenvalue weighted by Crippen LogP contribution is 2.31. The largest absolute Gasteiger partial charge is 0.493 e. The number of carboxylic acids is 1. The summed E-state index contributed by atoms with van der Waals surface area (Å²) < 4.78 is 10.8. The maximum atomic E-state index is 12.5. The summed E-state index contributed by atoms with van der Waals surface area (Å²) in [5.74, 6) is -0.773. The van der Waals surface area contributed by atoms with Crippen LogP contribution >= 0.6 is 12.4 Å². The van der Waals surface area contributed by atoms with Crippen LogP contribution < -0.4 is 25.4 Å². The fraction of sp³-hybridized carbons (Fsp3) is 0.400. The van der Waals surface area contributed by atoms with E-state index in [1.54, 1.807) is 18.2 Å². The Kier molecular flexibility index (Phi) is 10.8. The molecule has 9 nitrogen and oxygen atoms in total. The predicted octanol–water partition coefficient (Wildman–Crippen LogP) is 3.21. The summed E-state index contributed by atoms with van der Waals surface area (Å²) >= 11 is 0. The van der Waals surface area contributed by atoms with E-state index in [0.29, 0.717) is 29.4 Å². The Balaban J connectivity index is 0.00000432. The molecular formula is C25H32ClN3O6. The van der Waals surface area contributed by atoms with Crippen LogP contribution in [0.3, 0.4) is 0 Å². The molecule has 0 fully saturated rings. The molecule has 0 spiro atoms. The fourth-order valence-electron chi connectivity index (χ4n) is 3.88. The Morgan fingerprint density at radius 3 is 2.54 bits per heavy atom. The maximum Gasteiger partial charge on any atom is 0.305 e. The van der Waals surface area contributed by atoms with Crippen LogP contribution in [0, 0.1) is 0 Å². The van der Waals surface area contributed by atoms with Crippen molar-refractivity contribution in [2.24, 2.45) is 0 Å². The summed E-state index contributed by atoms with van der Waals surface area (Å²) in [5.41, 5.74) is 3.69. The number of hydrogen-bond acceptors (Lipinski definition) is 6. The molecule has 35 heavy (non-hydrogen) atoms. The third-order valence-electron chi connectivity index (χ3n) is 5.56. The Morgan fingerprint density at radius 2 is 1.83 bits per heavy atom. The summed E-state index contributed by atoms with van der Waals surface area (Å²) in [6.45, 7) is 4.01. The predicted molar refractivity (Wildman–Crippen MR) is 134 cm³/mol. The molecule has 0 bridgehead atoms. The molecule has 0 aliphatic carbocycles. The number of ether oxygens (including phenoxy) is 2. The molecule has 1 aliphatic heterocycles. The average Bonchev–Trinajstić information content (AvgIpc) is 2.82. The van der Waals surface area contributed by atoms with Gasteiger partial charge in [-0.1, -0.05) is 12.1 Å². The van der Waals surface area contributed by atoms with Gasteiger partial charge in [-0.3, -0.25) is 14.4 Å². The van der Waals surface area contributed by atoms with Crippen LogP contribution in [0.1, 0.15) is 48.9 Å². The van der Waals surface area contributed by atoms with Crippen LogP contribution in [-0.4, -0.2) is 43.2 Å². The lowest BCUT2D eigenvalue weighted by Gasteiger charge is -2.19. The van der Waals surface area contributed by atoms with E-state index in [-0.39, 0.29) is 37.6 Å². The zero-order chi connectivity index (χ0) is 24.5. The number of carbonyl (C=O) groups is 3. The van der Waals surface area contributed by atoms with Gasteiger partial charge in [0.1, 0.15) is 0 Å². The highest BCUT2D eigenvalue weighted by Gasteiger charge is 2.20. The quantitative estimate of drug-likeness (QED) is 0.369. The molecule has 190 valence electrons. The van der Waals surface area contributed by atoms with Gasteiger partial charge < -0.3 is 30.5 Å². The number of nitrogens with one attached hydrogen (secondary N) is 3. The molecule has 3 rings (SSSR count). The van der Waals surface area contributed by atoms with E-state index in [0.717, 1.165) is 25.1 Å². The second kappa shape index (κ2) is 13.6. The van der Waals surface area contributed by atoms with Gasteiger partial charge in [0.05, 0.1) is 26.2 Å². The van der Waals surface area contributed by atoms with E-state index in [9.17, 15) is 19.5 Å². The van der Waals surface area contributed by atoms with Crippen molar-refractivity contribution in [3.05, 3.63) is 53.1 Å². The van der Waals surface area contributed by atoms with E-state index < -0.39 is 17.9 Å². The molecule has 1 unspecified atom stereocenters. The maximum absolute atomic E-state index is 12.5. The number of benzene rings is 2. The fourth-order valence-corrected chi connectivity index (χ4v) is 3.88. The number of fused-ring (bicyclic) bond motifs is 1. The van der Waals surface area contributed by atoms with Crippen LogP contribution in [0.2, 0.25) is 0 Å². The molecule has 2 amide bonds. The number of carbonyl (C=O) groups excluding carboxylic acids is 2. The second-order valence-electron chi connectivity index (χ2n) is 8.02. The molecule has 1 atom stereocenters. The molecule has 4 N–H and O–H groups in total. The first-order valence-electron chi connectivity index (χ1n) is 11.3. The Bertz CT molecular complexity index is 1050. The van der Waals surface area contributed by atoms with Crippen molar-refractivity contribution in [2.45, 2.75) is 45.2 Å². The third kappa shape index (κ3) is 8.15. The van der Waals surface area contributed by atoms with Gasteiger partial charge in [-0.25, -0.2) is 0 Å². The van der Waals surface area contributed by atoms with Gasteiger partial charge in [0, 0.05) is 25.1 Å². The standard InChI is InChI=1S/C25H31N3O6.ClH/c1-3-34-21-7-5-17(13-22(21)33-2)20(14-25(31)32)28-24(30)9-8-23(29)27-19-6-4-16-10-11-26-15-18(16)12-19;/h4-7,12-13,20,26H,3,8-11,14-15H2,1-2H3,(H,27,29)(H,28,30)(H,31,32);1H. The molecule has 0 radical (unpaired) electrons. The van der Waals surface area contributed by atoms with Gasteiger partial charge in [-0.2, -0.15) is 0 Å². The number of halogens is 1. The first-order valence-corrected chi connectivity index (χ1v) is 11.3. The van der Waals surface area contributed by atoms with E-state index >= 15 is 0 Å². The summed E-state index contributed by atoms with van der Waals surface area (Å²) in [6, 6.07) is 10.1. The highest BCUT2D eigenvalue weighted by atomic mass is 35.5. The summed E-state index contributed by atoms with van der Waals surface area (Å²) in [5, 5.41) is 18.2. The lowest BCUT2D eigenvalue weighted by Crippen LogP contribution is -2.31. The van der Waals surface area contributed by atoms with Crippen LogP contribution in [0.15, 0.2) is 36.4 Å². The molecule has 0 aromatic heterocycles. The molecule has 2 aromatic carbocycles. The number of hydrogen-bond donors (Lipinski definition) is 4. The van der Waals surface area contributed by atoms with Crippen molar-refractivity contribution < 1.29 is 29.0 Å². The average molecular weight is 506 g/mol. The number of anilines is 1. The normalized spacial score (nSPS) is 13.0. The van der Waals surface area contributed by atoms with Crippen molar-refractivity contribution in [3.8, 4) is 11.5 Å². The Morgan fingerprint density at radius 1 is 1.06 bits per heavy atom. The summed E-state index contributed by atoms with van der Waals surface area (Å²) in [6.07, 6.45) is 0.565. The van der Waals surface area contributed by atoms with Gasteiger partial charge in [-0.15, -0.1) is 12.4 Å². The van der Waals surface area contributed by atoms with Crippen molar-refractivity contribution in [3.63, 3.8) is 0 Å². The van der Waals surface area contributed by atoms with E-state index in [1.807, 2.05) is 25.1 Å². The van der Waals surface area contributed by atoms with Crippen LogP contribution in [0.5, 0.6) is 11.5 Å². The zero-order valence-electron chi connectivity index (χ0n) is 19.9. The Labute approximate surface area is 211 Å². The monoisotopic (exact) mass is 505 g/mol. The molecule has 2 aromatic rings. The number of rotatable bonds is 11. The number of amides is 2. The third-order valence-corrected chi connectivity index (χ3v) is 5.56. The molecule has 10 heteroatoms. The molecule has 1 aliphatic rings. The smallest absolute Gasteiger partial charge is 0.305 e. The van der Waals surface area contributed by atoms with Gasteiger partial charge >= 0.3 is 5.97 Å². The van der Waals surface area contributed by atoms with Gasteiger partial charge in [0.15, 0.2) is 11.5 Å². The lowest BCUT2D eigenvalue weighted by atomic mass is 10.0. The molecule has 0 saturated heterocycles. The van der Waals surface area contributed by atoms with E-state index in [4.69, 9.17) is 9.47 Å². The SMILES string of the molecule is CCOc1ccc(C(CC(=O)O)NC(=O)CCC(=O)Nc2ccc3c(c2)CNCC3)cc1OC.Cl. The molecular weight excluding hydrogens is 474 g/mol. The van der Waals surface area contributed by atoms with Gasteiger partial charge in [0.25, 0.3) is 0 Å². The highest BCUT2D eigenvalue weighted by molar-refractivity contribution is 5.93. The summed E-state index contributed by atoms with van der Waals surface area (Å²) in [7, 11) is 1.49. The number of aliphatic carboxylic acids is 1. The van der Waals surface area contributed by atoms with Crippen molar-refractivity contribution in [1.82, 2.24) is 10.6 Å². The molecule has 0 saturated carbocycles. The van der Waals surface area contributed by atoms with Crippen molar-refractivity contribution in [1.29, 1.82) is 0 Å². The van der Waals surface area contributed by atoms with Crippen molar-refractivity contribution >= 4 is 35.9 Å². The minimum atomic E-state index is -1.06. The minimum absolute atomic E-state index is 0. The van der Waals surface area contributed by atoms with Crippen LogP contribution in [0.4, 0.5) is 5.69 Å². The van der Waals surface area contributed by atoms with E-state index in [2.05, 4.69) is 16.0 Å². The van der Waals surface area contributed by atoms with Crippen LogP contribution in [0.25, 0.3) is 0 Å². The second-order valence-corrected chi connectivity index (χ2v) is 8.02. The number of methoxy groups -OCH3 is 1. The topological polar surface area (TPSA) is 126 Å². The minimum Gasteiger partial charge on any atom is -0.493 e. The zero-order valence-corrected chi connectivity index (χ0v) is 20.7. The summed E-state index contributed by atoms with van der Waals surface area (Å²) in [4.78, 5) is 36.3. The van der Waals surface area contributed by atoms with Gasteiger partial charge in [0.2, 0.25) is 11.8 Å². The Hall–Kier alpha value is -3.30. The lowest BCUT2D eigenvalue weighted by molar-refractivity contribution is -0.138. The molecule has 1 heterocycles. The van der Waals surface area contributed by atoms with E-state index in [1.165, 1.54) is 12.7 Å². The van der Waals surface area contributed by atoms with Crippen molar-refractivity contribution in [2.75, 3.05) is 25.6 Å². The number of carboxylic acid groups (broad SMARTS) is 1. The van der Waals surface area contributed by atoms with Gasteiger partial charge in [-0.05, 0) is 60.8 Å².